The van der Waals surface area contributed by atoms with Gasteiger partial charge in [-0.25, -0.2) is 4.79 Å². The van der Waals surface area contributed by atoms with E-state index in [1.807, 2.05) is 0 Å². The molecule has 1 saturated heterocycles. The van der Waals surface area contributed by atoms with Crippen molar-refractivity contribution in [1.82, 2.24) is 4.90 Å². The summed E-state index contributed by atoms with van der Waals surface area (Å²) in [6.45, 7) is 2.60. The highest BCUT2D eigenvalue weighted by molar-refractivity contribution is 5.90. The number of terminal acetylenes is 1. The van der Waals surface area contributed by atoms with Crippen LogP contribution in [0.2, 0.25) is 0 Å². The Morgan fingerprint density at radius 1 is 1.50 bits per heavy atom. The summed E-state index contributed by atoms with van der Waals surface area (Å²) >= 11 is 0. The molecule has 2 N–H and O–H groups in total. The number of carboxylic acid groups (broad SMARTS) is 1. The van der Waals surface area contributed by atoms with E-state index in [4.69, 9.17) is 11.5 Å². The minimum absolute atomic E-state index is 0.0234. The van der Waals surface area contributed by atoms with Crippen molar-refractivity contribution in [2.75, 3.05) is 18.4 Å². The number of anilines is 1. The highest BCUT2D eigenvalue weighted by Crippen LogP contribution is 2.24. The third-order valence-corrected chi connectivity index (χ3v) is 3.57. The molecule has 1 aromatic rings. The van der Waals surface area contributed by atoms with Gasteiger partial charge < -0.3 is 15.3 Å². The molecule has 1 heterocycles. The van der Waals surface area contributed by atoms with Gasteiger partial charge in [0.05, 0.1) is 5.92 Å². The number of carboxylic acids is 1. The molecule has 0 bridgehead atoms. The first-order valence-electron chi connectivity index (χ1n) is 6.36. The van der Waals surface area contributed by atoms with Gasteiger partial charge in [-0.15, -0.1) is 6.42 Å². The number of benzene rings is 1. The maximum absolute atomic E-state index is 11.9. The third-order valence-electron chi connectivity index (χ3n) is 3.57. The van der Waals surface area contributed by atoms with E-state index in [0.717, 1.165) is 0 Å². The van der Waals surface area contributed by atoms with Crippen LogP contribution < -0.4 is 5.32 Å². The number of aliphatic carboxylic acids is 1. The monoisotopic (exact) mass is 272 g/mol. The van der Waals surface area contributed by atoms with Gasteiger partial charge >= 0.3 is 12.0 Å². The lowest BCUT2D eigenvalue weighted by Gasteiger charge is -2.41. The smallest absolute Gasteiger partial charge is 0.321 e. The second kappa shape index (κ2) is 5.66. The molecule has 1 aliphatic rings. The Labute approximate surface area is 117 Å². The van der Waals surface area contributed by atoms with E-state index in [2.05, 4.69) is 11.2 Å². The molecule has 0 radical (unpaired) electrons. The third kappa shape index (κ3) is 2.91. The summed E-state index contributed by atoms with van der Waals surface area (Å²) < 4.78 is 0. The molecule has 0 aromatic heterocycles. The quantitative estimate of drug-likeness (QED) is 0.825. The normalized spacial score (nSPS) is 15.9. The summed E-state index contributed by atoms with van der Waals surface area (Å²) in [6, 6.07) is 6.80. The first-order chi connectivity index (χ1) is 9.51. The highest BCUT2D eigenvalue weighted by atomic mass is 16.4. The Hall–Kier alpha value is -2.48. The maximum Gasteiger partial charge on any atom is 0.321 e. The van der Waals surface area contributed by atoms with Crippen LogP contribution in [0.15, 0.2) is 24.3 Å². The average Bonchev–Trinajstić information content (AvgIpc) is 2.36. The van der Waals surface area contributed by atoms with Gasteiger partial charge in [0.15, 0.2) is 0 Å². The maximum atomic E-state index is 11.9. The Morgan fingerprint density at radius 3 is 2.80 bits per heavy atom. The molecule has 1 aromatic carbocycles. The van der Waals surface area contributed by atoms with Crippen LogP contribution in [0, 0.1) is 24.2 Å². The Morgan fingerprint density at radius 2 is 2.20 bits per heavy atom. The number of hydrogen-bond donors (Lipinski definition) is 2. The average molecular weight is 272 g/mol. The summed E-state index contributed by atoms with van der Waals surface area (Å²) in [5.41, 5.74) is 1.34. The van der Waals surface area contributed by atoms with Crippen molar-refractivity contribution in [3.8, 4) is 12.3 Å². The van der Waals surface area contributed by atoms with Crippen LogP contribution in [0.25, 0.3) is 0 Å². The highest BCUT2D eigenvalue weighted by Gasteiger charge is 2.37. The van der Waals surface area contributed by atoms with Gasteiger partial charge in [0.1, 0.15) is 0 Å². The molecule has 104 valence electrons. The SMILES string of the molecule is C#Cc1cccc(NC(=O)N2CC(C(C)C(=O)O)C2)c1. The van der Waals surface area contributed by atoms with E-state index in [1.165, 1.54) is 0 Å². The van der Waals surface area contributed by atoms with Crippen LogP contribution in [0.3, 0.4) is 0 Å². The van der Waals surface area contributed by atoms with Crippen molar-refractivity contribution in [3.63, 3.8) is 0 Å². The molecular formula is C15H16N2O3. The Kier molecular flexibility index (Phi) is 3.94. The fraction of sp³-hybridized carbons (Fsp3) is 0.333. The van der Waals surface area contributed by atoms with Crippen molar-refractivity contribution in [3.05, 3.63) is 29.8 Å². The molecule has 0 aliphatic carbocycles. The standard InChI is InChI=1S/C15H16N2O3/c1-3-11-5-4-6-13(7-11)16-15(20)17-8-12(9-17)10(2)14(18)19/h1,4-7,10,12H,8-9H2,2H3,(H,16,20)(H,18,19). The van der Waals surface area contributed by atoms with Gasteiger partial charge in [-0.2, -0.15) is 0 Å². The van der Waals surface area contributed by atoms with Crippen LogP contribution in [0.5, 0.6) is 0 Å². The lowest BCUT2D eigenvalue weighted by atomic mass is 9.87. The molecule has 1 fully saturated rings. The van der Waals surface area contributed by atoms with Crippen molar-refractivity contribution in [2.45, 2.75) is 6.92 Å². The van der Waals surface area contributed by atoms with Crippen molar-refractivity contribution in [1.29, 1.82) is 0 Å². The number of nitrogens with one attached hydrogen (secondary N) is 1. The van der Waals surface area contributed by atoms with Gasteiger partial charge in [-0.05, 0) is 18.2 Å². The lowest BCUT2D eigenvalue weighted by Crippen LogP contribution is -2.54. The van der Waals surface area contributed by atoms with Crippen LogP contribution in [-0.4, -0.2) is 35.1 Å². The fourth-order valence-corrected chi connectivity index (χ4v) is 2.09. The second-order valence-electron chi connectivity index (χ2n) is 4.95. The number of hydrogen-bond acceptors (Lipinski definition) is 2. The predicted molar refractivity (Wildman–Crippen MR) is 75.3 cm³/mol. The first kappa shape index (κ1) is 13.9. The number of nitrogens with zero attached hydrogens (tertiary/aromatic N) is 1. The number of carbonyl (C=O) groups is 2. The van der Waals surface area contributed by atoms with Gasteiger partial charge in [0.2, 0.25) is 0 Å². The minimum atomic E-state index is -0.822. The van der Waals surface area contributed by atoms with E-state index in [9.17, 15) is 9.59 Å². The van der Waals surface area contributed by atoms with Crippen molar-refractivity contribution >= 4 is 17.7 Å². The zero-order valence-corrected chi connectivity index (χ0v) is 11.2. The molecule has 2 amide bonds. The predicted octanol–water partition coefficient (Wildman–Crippen LogP) is 1.85. The number of likely N-dealkylation sites (tertiary alicyclic amines) is 1. The van der Waals surface area contributed by atoms with Gasteiger partial charge in [-0.3, -0.25) is 4.79 Å². The number of carbonyl (C=O) groups excluding carboxylic acids is 1. The zero-order valence-electron chi connectivity index (χ0n) is 11.2. The molecular weight excluding hydrogens is 256 g/mol. The minimum Gasteiger partial charge on any atom is -0.481 e. The van der Waals surface area contributed by atoms with Crippen molar-refractivity contribution < 1.29 is 14.7 Å². The summed E-state index contributed by atoms with van der Waals surface area (Å²) in [6.07, 6.45) is 5.30. The van der Waals surface area contributed by atoms with E-state index < -0.39 is 11.9 Å². The van der Waals surface area contributed by atoms with Crippen LogP contribution in [0.4, 0.5) is 10.5 Å². The fourth-order valence-electron chi connectivity index (χ4n) is 2.09. The molecule has 1 aliphatic heterocycles. The van der Waals surface area contributed by atoms with E-state index in [1.54, 1.807) is 36.1 Å². The van der Waals surface area contributed by atoms with E-state index in [0.29, 0.717) is 24.3 Å². The summed E-state index contributed by atoms with van der Waals surface area (Å²) in [5, 5.41) is 11.6. The Balaban J connectivity index is 1.88. The molecule has 5 heteroatoms. The van der Waals surface area contributed by atoms with Crippen LogP contribution in [0.1, 0.15) is 12.5 Å². The topological polar surface area (TPSA) is 69.6 Å². The lowest BCUT2D eigenvalue weighted by molar-refractivity contribution is -0.144. The molecule has 20 heavy (non-hydrogen) atoms. The Bertz CT molecular complexity index is 571. The van der Waals surface area contributed by atoms with Crippen molar-refractivity contribution in [2.24, 2.45) is 11.8 Å². The molecule has 2 rings (SSSR count). The number of rotatable bonds is 3. The largest absolute Gasteiger partial charge is 0.481 e. The second-order valence-corrected chi connectivity index (χ2v) is 4.95. The van der Waals surface area contributed by atoms with Gasteiger partial charge in [0, 0.05) is 30.3 Å². The molecule has 1 unspecified atom stereocenters. The number of amides is 2. The van der Waals surface area contributed by atoms with Crippen LogP contribution >= 0.6 is 0 Å². The van der Waals surface area contributed by atoms with E-state index in [-0.39, 0.29) is 11.9 Å². The summed E-state index contributed by atoms with van der Waals surface area (Å²) in [7, 11) is 0. The first-order valence-corrected chi connectivity index (χ1v) is 6.36. The molecule has 1 atom stereocenters. The molecule has 0 saturated carbocycles. The zero-order chi connectivity index (χ0) is 14.7. The number of urea groups is 1. The van der Waals surface area contributed by atoms with Gasteiger partial charge in [0.25, 0.3) is 0 Å². The van der Waals surface area contributed by atoms with Gasteiger partial charge in [-0.1, -0.05) is 18.9 Å². The van der Waals surface area contributed by atoms with Crippen LogP contribution in [-0.2, 0) is 4.79 Å². The van der Waals surface area contributed by atoms with E-state index >= 15 is 0 Å². The molecule has 5 nitrogen and oxygen atoms in total. The molecule has 0 spiro atoms. The summed E-state index contributed by atoms with van der Waals surface area (Å²) in [4.78, 5) is 24.4. The summed E-state index contributed by atoms with van der Waals surface area (Å²) in [5.74, 6) is 1.28.